The number of nitrogens with one attached hydrogen (secondary N) is 2. The molecule has 1 aliphatic rings. The first-order valence-electron chi connectivity index (χ1n) is 6.97. The minimum Gasteiger partial charge on any atom is -0.385 e. The van der Waals surface area contributed by atoms with E-state index in [1.54, 1.807) is 12.1 Å². The first-order valence-corrected chi connectivity index (χ1v) is 8.45. The predicted molar refractivity (Wildman–Crippen MR) is 81.4 cm³/mol. The van der Waals surface area contributed by atoms with Gasteiger partial charge in [-0.25, -0.2) is 13.1 Å². The fraction of sp³-hybridized carbons (Fsp3) is 0.571. The molecule has 2 rings (SSSR count). The second kappa shape index (κ2) is 6.56. The summed E-state index contributed by atoms with van der Waals surface area (Å²) < 4.78 is 25.5. The average Bonchev–Trinajstić information content (AvgIpc) is 2.47. The van der Waals surface area contributed by atoms with E-state index in [9.17, 15) is 8.42 Å². The van der Waals surface area contributed by atoms with Crippen LogP contribution in [0.3, 0.4) is 0 Å². The van der Waals surface area contributed by atoms with Crippen LogP contribution in [-0.4, -0.2) is 47.0 Å². The molecule has 1 aliphatic heterocycles. The van der Waals surface area contributed by atoms with Crippen molar-refractivity contribution in [1.29, 1.82) is 0 Å². The van der Waals surface area contributed by atoms with Gasteiger partial charge in [-0.3, -0.25) is 0 Å². The lowest BCUT2D eigenvalue weighted by atomic mass is 9.97. The van der Waals surface area contributed by atoms with Gasteiger partial charge in [0.15, 0.2) is 0 Å². The number of likely N-dealkylation sites (tertiary alicyclic amines) is 1. The molecule has 0 saturated carbocycles. The van der Waals surface area contributed by atoms with Crippen molar-refractivity contribution in [2.24, 2.45) is 5.92 Å². The second-order valence-electron chi connectivity index (χ2n) is 5.36. The third-order valence-electron chi connectivity index (χ3n) is 3.87. The summed E-state index contributed by atoms with van der Waals surface area (Å²) in [5, 5.41) is 3.39. The first kappa shape index (κ1) is 15.3. The van der Waals surface area contributed by atoms with Gasteiger partial charge in [0.1, 0.15) is 0 Å². The summed E-state index contributed by atoms with van der Waals surface area (Å²) in [7, 11) is 0.236. The van der Waals surface area contributed by atoms with Crippen molar-refractivity contribution in [3.8, 4) is 0 Å². The zero-order valence-corrected chi connectivity index (χ0v) is 12.9. The highest BCUT2D eigenvalue weighted by Gasteiger charge is 2.16. The normalized spacial score (nSPS) is 18.1. The zero-order chi connectivity index (χ0) is 14.6. The maximum atomic E-state index is 11.6. The lowest BCUT2D eigenvalue weighted by molar-refractivity contribution is 0.226. The quantitative estimate of drug-likeness (QED) is 0.861. The minimum atomic E-state index is -3.34. The molecule has 0 unspecified atom stereocenters. The molecule has 0 radical (unpaired) electrons. The number of rotatable bonds is 5. The monoisotopic (exact) mass is 297 g/mol. The molecule has 0 bridgehead atoms. The standard InChI is InChI=1S/C14H23N3O2S/c1-15-20(18,19)14-5-3-13(4-6-14)16-11-12-7-9-17(2)10-8-12/h3-6,12,15-16H,7-11H2,1-2H3. The third kappa shape index (κ3) is 3.94. The Hall–Kier alpha value is -1.11. The van der Waals surface area contributed by atoms with Gasteiger partial charge >= 0.3 is 0 Å². The van der Waals surface area contributed by atoms with Crippen molar-refractivity contribution in [1.82, 2.24) is 9.62 Å². The Morgan fingerprint density at radius 2 is 1.80 bits per heavy atom. The van der Waals surface area contributed by atoms with Crippen LogP contribution in [0.4, 0.5) is 5.69 Å². The number of sulfonamides is 1. The van der Waals surface area contributed by atoms with E-state index in [-0.39, 0.29) is 0 Å². The van der Waals surface area contributed by atoms with Crippen LogP contribution in [0.15, 0.2) is 29.2 Å². The second-order valence-corrected chi connectivity index (χ2v) is 7.25. The number of piperidine rings is 1. The SMILES string of the molecule is CNS(=O)(=O)c1ccc(NCC2CCN(C)CC2)cc1. The third-order valence-corrected chi connectivity index (χ3v) is 5.30. The van der Waals surface area contributed by atoms with Crippen LogP contribution < -0.4 is 10.0 Å². The smallest absolute Gasteiger partial charge is 0.240 e. The van der Waals surface area contributed by atoms with E-state index in [1.807, 2.05) is 12.1 Å². The number of benzene rings is 1. The van der Waals surface area contributed by atoms with Crippen LogP contribution in [0.2, 0.25) is 0 Å². The molecule has 0 atom stereocenters. The number of hydrogen-bond acceptors (Lipinski definition) is 4. The molecular weight excluding hydrogens is 274 g/mol. The molecule has 0 spiro atoms. The summed E-state index contributed by atoms with van der Waals surface area (Å²) in [6, 6.07) is 6.89. The van der Waals surface area contributed by atoms with E-state index in [4.69, 9.17) is 0 Å². The molecule has 0 aromatic heterocycles. The average molecular weight is 297 g/mol. The van der Waals surface area contributed by atoms with Gasteiger partial charge in [0.2, 0.25) is 10.0 Å². The molecular formula is C14H23N3O2S. The molecule has 6 heteroatoms. The van der Waals surface area contributed by atoms with Gasteiger partial charge in [0.05, 0.1) is 4.90 Å². The Kier molecular flexibility index (Phi) is 5.01. The zero-order valence-electron chi connectivity index (χ0n) is 12.1. The number of hydrogen-bond donors (Lipinski definition) is 2. The van der Waals surface area contributed by atoms with E-state index in [0.717, 1.165) is 25.3 Å². The van der Waals surface area contributed by atoms with E-state index >= 15 is 0 Å². The lowest BCUT2D eigenvalue weighted by Crippen LogP contribution is -2.32. The van der Waals surface area contributed by atoms with Crippen molar-refractivity contribution in [2.45, 2.75) is 17.7 Å². The molecule has 0 amide bonds. The summed E-state index contributed by atoms with van der Waals surface area (Å²) in [6.45, 7) is 3.27. The summed E-state index contributed by atoms with van der Waals surface area (Å²) in [6.07, 6.45) is 2.44. The van der Waals surface area contributed by atoms with Crippen LogP contribution in [0.25, 0.3) is 0 Å². The Morgan fingerprint density at radius 3 is 2.35 bits per heavy atom. The minimum absolute atomic E-state index is 0.296. The molecule has 1 aromatic rings. The molecule has 1 heterocycles. The molecule has 0 aliphatic carbocycles. The fourth-order valence-corrected chi connectivity index (χ4v) is 3.13. The molecule has 1 aromatic carbocycles. The predicted octanol–water partition coefficient (Wildman–Crippen LogP) is 1.35. The lowest BCUT2D eigenvalue weighted by Gasteiger charge is -2.29. The van der Waals surface area contributed by atoms with Gasteiger partial charge in [0.25, 0.3) is 0 Å². The Balaban J connectivity index is 1.88. The topological polar surface area (TPSA) is 61.4 Å². The Bertz CT molecular complexity index is 520. The van der Waals surface area contributed by atoms with Crippen LogP contribution in [0.5, 0.6) is 0 Å². The highest BCUT2D eigenvalue weighted by molar-refractivity contribution is 7.89. The van der Waals surface area contributed by atoms with Crippen LogP contribution >= 0.6 is 0 Å². The highest BCUT2D eigenvalue weighted by Crippen LogP contribution is 2.18. The van der Waals surface area contributed by atoms with Gasteiger partial charge in [-0.05, 0) is 70.2 Å². The van der Waals surface area contributed by atoms with Crippen molar-refractivity contribution in [3.63, 3.8) is 0 Å². The van der Waals surface area contributed by atoms with Gasteiger partial charge < -0.3 is 10.2 Å². The maximum absolute atomic E-state index is 11.6. The van der Waals surface area contributed by atoms with Crippen LogP contribution in [0, 0.1) is 5.92 Å². The summed E-state index contributed by atoms with van der Waals surface area (Å²) in [5.41, 5.74) is 0.971. The van der Waals surface area contributed by atoms with Gasteiger partial charge in [-0.2, -0.15) is 0 Å². The van der Waals surface area contributed by atoms with Gasteiger partial charge in [-0.15, -0.1) is 0 Å². The highest BCUT2D eigenvalue weighted by atomic mass is 32.2. The summed E-state index contributed by atoms with van der Waals surface area (Å²) in [5.74, 6) is 0.701. The fourth-order valence-electron chi connectivity index (χ4n) is 2.40. The Morgan fingerprint density at radius 1 is 1.20 bits per heavy atom. The van der Waals surface area contributed by atoms with Crippen molar-refractivity contribution in [3.05, 3.63) is 24.3 Å². The number of nitrogens with zero attached hydrogens (tertiary/aromatic N) is 1. The maximum Gasteiger partial charge on any atom is 0.240 e. The molecule has 1 fully saturated rings. The molecule has 20 heavy (non-hydrogen) atoms. The van der Waals surface area contributed by atoms with Crippen molar-refractivity contribution in [2.75, 3.05) is 39.0 Å². The summed E-state index contributed by atoms with van der Waals surface area (Å²) in [4.78, 5) is 2.65. The van der Waals surface area contributed by atoms with Crippen LogP contribution in [-0.2, 0) is 10.0 Å². The van der Waals surface area contributed by atoms with Crippen molar-refractivity contribution >= 4 is 15.7 Å². The molecule has 112 valence electrons. The molecule has 1 saturated heterocycles. The van der Waals surface area contributed by atoms with Gasteiger partial charge in [0, 0.05) is 12.2 Å². The van der Waals surface area contributed by atoms with Crippen LogP contribution in [0.1, 0.15) is 12.8 Å². The number of anilines is 1. The largest absolute Gasteiger partial charge is 0.385 e. The van der Waals surface area contributed by atoms with E-state index < -0.39 is 10.0 Å². The summed E-state index contributed by atoms with van der Waals surface area (Å²) >= 11 is 0. The Labute approximate surface area is 121 Å². The van der Waals surface area contributed by atoms with E-state index in [1.165, 1.54) is 19.9 Å². The van der Waals surface area contributed by atoms with E-state index in [0.29, 0.717) is 10.8 Å². The molecule has 2 N–H and O–H groups in total. The van der Waals surface area contributed by atoms with Gasteiger partial charge in [-0.1, -0.05) is 0 Å². The van der Waals surface area contributed by atoms with E-state index in [2.05, 4.69) is 22.0 Å². The first-order chi connectivity index (χ1) is 9.51. The molecule has 5 nitrogen and oxygen atoms in total. The van der Waals surface area contributed by atoms with Crippen molar-refractivity contribution < 1.29 is 8.42 Å².